The molecule has 1 fully saturated rings. The third-order valence-corrected chi connectivity index (χ3v) is 8.02. The molecule has 35 heavy (non-hydrogen) atoms. The van der Waals surface area contributed by atoms with E-state index in [1.165, 1.54) is 0 Å². The number of ether oxygens (including phenoxy) is 1. The second kappa shape index (κ2) is 9.13. The van der Waals surface area contributed by atoms with Crippen molar-refractivity contribution in [1.82, 2.24) is 4.90 Å². The number of rotatable bonds is 8. The Labute approximate surface area is 217 Å². The van der Waals surface area contributed by atoms with Gasteiger partial charge in [-0.3, -0.25) is 9.69 Å². The fourth-order valence-electron chi connectivity index (χ4n) is 4.93. The molecule has 1 atom stereocenters. The lowest BCUT2D eigenvalue weighted by atomic mass is 9.91. The number of hydrogen-bond donors (Lipinski definition) is 0. The van der Waals surface area contributed by atoms with Gasteiger partial charge in [0.2, 0.25) is 0 Å². The number of benzene rings is 3. The molecule has 0 N–H and O–H groups in total. The van der Waals surface area contributed by atoms with Gasteiger partial charge in [-0.2, -0.15) is 0 Å². The van der Waals surface area contributed by atoms with E-state index in [4.69, 9.17) is 27.9 Å². The predicted molar refractivity (Wildman–Crippen MR) is 143 cm³/mol. The molecule has 1 unspecified atom stereocenters. The minimum atomic E-state index is -1.06. The van der Waals surface area contributed by atoms with Crippen molar-refractivity contribution in [2.75, 3.05) is 6.61 Å². The Bertz CT molecular complexity index is 1280. The minimum absolute atomic E-state index is 0.0608. The zero-order valence-electron chi connectivity index (χ0n) is 20.1. The average Bonchev–Trinajstić information content (AvgIpc) is 3.61. The fraction of sp³-hybridized carbons (Fsp3) is 0.300. The third-order valence-electron chi connectivity index (χ3n) is 7.52. The summed E-state index contributed by atoms with van der Waals surface area (Å²) < 4.78 is 6.95. The van der Waals surface area contributed by atoms with Crippen LogP contribution >= 0.6 is 23.2 Å². The lowest BCUT2D eigenvalue weighted by Gasteiger charge is -2.40. The van der Waals surface area contributed by atoms with Crippen LogP contribution in [0.15, 0.2) is 73.3 Å². The van der Waals surface area contributed by atoms with Crippen molar-refractivity contribution in [3.05, 3.63) is 111 Å². The SMILES string of the molecule is C=C(C)c1ccc2c(c1)C(=O)N(Cc1ccc(Cl)cc1)C2(OCC1(CC)CC1)c1ccc(Cl)cc1. The summed E-state index contributed by atoms with van der Waals surface area (Å²) in [5.41, 5.74) is 4.35. The summed E-state index contributed by atoms with van der Waals surface area (Å²) >= 11 is 12.4. The second-order valence-corrected chi connectivity index (χ2v) is 10.7. The first-order chi connectivity index (χ1) is 16.8. The van der Waals surface area contributed by atoms with E-state index in [0.29, 0.717) is 28.8 Å². The topological polar surface area (TPSA) is 29.5 Å². The van der Waals surface area contributed by atoms with Crippen LogP contribution in [0.25, 0.3) is 5.57 Å². The maximum atomic E-state index is 14.1. The standard InChI is InChI=1S/C30H29Cl2NO2/c1-4-29(15-16-29)19-35-30(23-8-12-25(32)13-9-23)27-14-7-22(20(2)3)17-26(27)28(34)33(30)18-21-5-10-24(31)11-6-21/h5-14,17H,2,4,15-16,18-19H2,1,3H3. The van der Waals surface area contributed by atoms with E-state index in [0.717, 1.165) is 47.1 Å². The molecule has 3 nitrogen and oxygen atoms in total. The molecule has 1 aliphatic heterocycles. The lowest BCUT2D eigenvalue weighted by Crippen LogP contribution is -2.47. The van der Waals surface area contributed by atoms with Gasteiger partial charge in [-0.25, -0.2) is 0 Å². The van der Waals surface area contributed by atoms with Crippen LogP contribution < -0.4 is 0 Å². The predicted octanol–water partition coefficient (Wildman–Crippen LogP) is 8.09. The van der Waals surface area contributed by atoms with Crippen LogP contribution in [0.4, 0.5) is 0 Å². The maximum Gasteiger partial charge on any atom is 0.257 e. The van der Waals surface area contributed by atoms with Crippen LogP contribution in [0.2, 0.25) is 10.0 Å². The van der Waals surface area contributed by atoms with Crippen molar-refractivity contribution in [2.24, 2.45) is 5.41 Å². The van der Waals surface area contributed by atoms with Crippen molar-refractivity contribution < 1.29 is 9.53 Å². The molecular weight excluding hydrogens is 477 g/mol. The molecular formula is C30H29Cl2NO2. The highest BCUT2D eigenvalue weighted by Gasteiger charge is 2.54. The van der Waals surface area contributed by atoms with Crippen LogP contribution in [0.1, 0.15) is 65.7 Å². The zero-order valence-corrected chi connectivity index (χ0v) is 21.6. The maximum absolute atomic E-state index is 14.1. The molecule has 3 aromatic carbocycles. The van der Waals surface area contributed by atoms with Gasteiger partial charge in [0.05, 0.1) is 6.61 Å². The number of hydrogen-bond acceptors (Lipinski definition) is 2. The van der Waals surface area contributed by atoms with E-state index >= 15 is 0 Å². The van der Waals surface area contributed by atoms with Gasteiger partial charge in [0, 0.05) is 33.3 Å². The molecule has 1 saturated carbocycles. The van der Waals surface area contributed by atoms with Crippen molar-refractivity contribution in [3.8, 4) is 0 Å². The van der Waals surface area contributed by atoms with Crippen molar-refractivity contribution >= 4 is 34.7 Å². The van der Waals surface area contributed by atoms with Crippen molar-refractivity contribution in [3.63, 3.8) is 0 Å². The number of allylic oxidation sites excluding steroid dienone is 1. The van der Waals surface area contributed by atoms with Crippen LogP contribution in [0, 0.1) is 5.41 Å². The first-order valence-electron chi connectivity index (χ1n) is 12.0. The van der Waals surface area contributed by atoms with Crippen LogP contribution in [-0.2, 0) is 17.0 Å². The van der Waals surface area contributed by atoms with Gasteiger partial charge in [-0.1, -0.05) is 78.7 Å². The van der Waals surface area contributed by atoms with Gasteiger partial charge in [-0.15, -0.1) is 0 Å². The minimum Gasteiger partial charge on any atom is -0.346 e. The van der Waals surface area contributed by atoms with E-state index in [2.05, 4.69) is 13.5 Å². The number of nitrogens with zero attached hydrogens (tertiary/aromatic N) is 1. The summed E-state index contributed by atoms with van der Waals surface area (Å²) in [6, 6.07) is 21.3. The second-order valence-electron chi connectivity index (χ2n) is 9.85. The molecule has 0 aromatic heterocycles. The molecule has 5 rings (SSSR count). The Kier molecular flexibility index (Phi) is 6.29. The monoisotopic (exact) mass is 505 g/mol. The highest BCUT2D eigenvalue weighted by atomic mass is 35.5. The largest absolute Gasteiger partial charge is 0.346 e. The molecule has 2 aliphatic rings. The molecule has 1 aliphatic carbocycles. The van der Waals surface area contributed by atoms with Gasteiger partial charge >= 0.3 is 0 Å². The van der Waals surface area contributed by atoms with Crippen LogP contribution in [0.5, 0.6) is 0 Å². The number of halogens is 2. The Hall–Kier alpha value is -2.59. The Morgan fingerprint density at radius 1 is 1.00 bits per heavy atom. The Morgan fingerprint density at radius 2 is 1.63 bits per heavy atom. The molecule has 0 saturated heterocycles. The van der Waals surface area contributed by atoms with Crippen LogP contribution in [-0.4, -0.2) is 17.4 Å². The van der Waals surface area contributed by atoms with Gasteiger partial charge in [-0.05, 0) is 73.1 Å². The third kappa shape index (κ3) is 4.31. The number of amides is 1. The summed E-state index contributed by atoms with van der Waals surface area (Å²) in [6.45, 7) is 9.21. The zero-order chi connectivity index (χ0) is 24.8. The summed E-state index contributed by atoms with van der Waals surface area (Å²) in [4.78, 5) is 15.9. The summed E-state index contributed by atoms with van der Waals surface area (Å²) in [6.07, 6.45) is 3.34. The molecule has 1 heterocycles. The quantitative estimate of drug-likeness (QED) is 0.309. The Morgan fingerprint density at radius 3 is 2.20 bits per heavy atom. The van der Waals surface area contributed by atoms with Gasteiger partial charge in [0.15, 0.2) is 5.72 Å². The van der Waals surface area contributed by atoms with E-state index in [1.54, 1.807) is 0 Å². The van der Waals surface area contributed by atoms with E-state index in [9.17, 15) is 4.79 Å². The molecule has 0 radical (unpaired) electrons. The Balaban J connectivity index is 1.69. The van der Waals surface area contributed by atoms with Crippen molar-refractivity contribution in [1.29, 1.82) is 0 Å². The number of carbonyl (C=O) groups is 1. The molecule has 5 heteroatoms. The van der Waals surface area contributed by atoms with E-state index < -0.39 is 5.72 Å². The summed E-state index contributed by atoms with van der Waals surface area (Å²) in [5, 5.41) is 1.30. The fourth-order valence-corrected chi connectivity index (χ4v) is 5.18. The van der Waals surface area contributed by atoms with E-state index in [-0.39, 0.29) is 11.3 Å². The first kappa shape index (κ1) is 24.1. The molecule has 3 aromatic rings. The van der Waals surface area contributed by atoms with Gasteiger partial charge in [0.1, 0.15) is 0 Å². The highest BCUT2D eigenvalue weighted by molar-refractivity contribution is 6.30. The summed E-state index contributed by atoms with van der Waals surface area (Å²) in [5.74, 6) is -0.0608. The molecule has 0 bridgehead atoms. The highest BCUT2D eigenvalue weighted by Crippen LogP contribution is 2.53. The molecule has 1 amide bonds. The van der Waals surface area contributed by atoms with Crippen molar-refractivity contribution in [2.45, 2.75) is 45.4 Å². The number of fused-ring (bicyclic) bond motifs is 1. The van der Waals surface area contributed by atoms with Gasteiger partial charge < -0.3 is 4.74 Å². The first-order valence-corrected chi connectivity index (χ1v) is 12.8. The summed E-state index contributed by atoms with van der Waals surface area (Å²) in [7, 11) is 0. The lowest BCUT2D eigenvalue weighted by molar-refractivity contribution is -0.125. The van der Waals surface area contributed by atoms with Gasteiger partial charge in [0.25, 0.3) is 5.91 Å². The molecule has 180 valence electrons. The smallest absolute Gasteiger partial charge is 0.257 e. The average molecular weight is 506 g/mol. The number of carbonyl (C=O) groups excluding carboxylic acids is 1. The molecule has 0 spiro atoms. The van der Waals surface area contributed by atoms with E-state index in [1.807, 2.05) is 78.6 Å². The normalized spacial score (nSPS) is 20.1. The van der Waals surface area contributed by atoms with Crippen LogP contribution in [0.3, 0.4) is 0 Å².